The van der Waals surface area contributed by atoms with E-state index >= 15 is 0 Å². The maximum atomic E-state index is 11.6. The Morgan fingerprint density at radius 3 is 2.36 bits per heavy atom. The van der Waals surface area contributed by atoms with Gasteiger partial charge in [0.1, 0.15) is 0 Å². The highest BCUT2D eigenvalue weighted by molar-refractivity contribution is 9.11. The number of nitrogens with zero attached hydrogens (tertiary/aromatic N) is 1. The van der Waals surface area contributed by atoms with Gasteiger partial charge in [0, 0.05) is 11.3 Å². The van der Waals surface area contributed by atoms with Gasteiger partial charge in [0.25, 0.3) is 0 Å². The average molecular weight is 387 g/mol. The van der Waals surface area contributed by atoms with E-state index in [1.807, 2.05) is 12.1 Å². The summed E-state index contributed by atoms with van der Waals surface area (Å²) >= 11 is 4.98. The Labute approximate surface area is 146 Å². The molecule has 0 aromatic carbocycles. The summed E-state index contributed by atoms with van der Waals surface area (Å²) in [5.41, 5.74) is 2.59. The number of unbranched alkanes of at least 4 members (excludes halogenated alkanes) is 8. The van der Waals surface area contributed by atoms with Crippen LogP contribution in [0.5, 0.6) is 0 Å². The highest BCUT2D eigenvalue weighted by Crippen LogP contribution is 2.20. The minimum absolute atomic E-state index is 0.00909. The smallest absolute Gasteiger partial charge is 0.240 e. The molecule has 1 aromatic heterocycles. The fraction of sp³-hybridized carbons (Fsp3) is 0.647. The molecule has 1 N–H and O–H groups in total. The van der Waals surface area contributed by atoms with Crippen molar-refractivity contribution >= 4 is 39.4 Å². The molecule has 22 heavy (non-hydrogen) atoms. The molecular weight excluding hydrogens is 360 g/mol. The van der Waals surface area contributed by atoms with Crippen molar-refractivity contribution in [1.82, 2.24) is 5.43 Å². The second kappa shape index (κ2) is 12.8. The molecule has 0 saturated heterocycles. The second-order valence-electron chi connectivity index (χ2n) is 5.51. The molecule has 0 saturated carbocycles. The van der Waals surface area contributed by atoms with E-state index in [1.165, 1.54) is 44.9 Å². The first kappa shape index (κ1) is 19.4. The number of hydrogen-bond acceptors (Lipinski definition) is 3. The monoisotopic (exact) mass is 386 g/mol. The number of halogens is 1. The lowest BCUT2D eigenvalue weighted by Gasteiger charge is -2.02. The lowest BCUT2D eigenvalue weighted by atomic mass is 10.1. The number of carbonyl (C=O) groups is 1. The van der Waals surface area contributed by atoms with Crippen molar-refractivity contribution in [2.75, 3.05) is 0 Å². The SMILES string of the molecule is CCCCCCCCCCCC(=O)NN=Cc1ccc(Br)s1. The molecule has 0 aliphatic heterocycles. The minimum Gasteiger partial charge on any atom is -0.273 e. The average Bonchev–Trinajstić information content (AvgIpc) is 2.91. The summed E-state index contributed by atoms with van der Waals surface area (Å²) in [5, 5.41) is 3.98. The van der Waals surface area contributed by atoms with Crippen LogP contribution < -0.4 is 5.43 Å². The highest BCUT2D eigenvalue weighted by atomic mass is 79.9. The van der Waals surface area contributed by atoms with Crippen LogP contribution in [0, 0.1) is 0 Å². The first-order chi connectivity index (χ1) is 10.7. The summed E-state index contributed by atoms with van der Waals surface area (Å²) in [6.07, 6.45) is 13.6. The number of rotatable bonds is 12. The van der Waals surface area contributed by atoms with E-state index in [1.54, 1.807) is 17.6 Å². The number of carbonyl (C=O) groups excluding carboxylic acids is 1. The molecule has 0 unspecified atom stereocenters. The van der Waals surface area contributed by atoms with Crippen molar-refractivity contribution in [2.24, 2.45) is 5.10 Å². The van der Waals surface area contributed by atoms with Gasteiger partial charge in [0.2, 0.25) is 5.91 Å². The third-order valence-electron chi connectivity index (χ3n) is 3.48. The Hall–Kier alpha value is -0.680. The molecule has 0 aliphatic carbocycles. The van der Waals surface area contributed by atoms with Gasteiger partial charge in [-0.2, -0.15) is 5.10 Å². The van der Waals surface area contributed by atoms with E-state index in [4.69, 9.17) is 0 Å². The predicted octanol–water partition coefficient (Wildman–Crippen LogP) is 5.88. The third-order valence-corrected chi connectivity index (χ3v) is 5.04. The van der Waals surface area contributed by atoms with Gasteiger partial charge < -0.3 is 0 Å². The van der Waals surface area contributed by atoms with Gasteiger partial charge in [-0.3, -0.25) is 4.79 Å². The maximum Gasteiger partial charge on any atom is 0.240 e. The van der Waals surface area contributed by atoms with Crippen molar-refractivity contribution in [3.8, 4) is 0 Å². The quantitative estimate of drug-likeness (QED) is 0.272. The zero-order valence-corrected chi connectivity index (χ0v) is 15.8. The van der Waals surface area contributed by atoms with Crippen LogP contribution in [-0.4, -0.2) is 12.1 Å². The van der Waals surface area contributed by atoms with Gasteiger partial charge in [0.15, 0.2) is 0 Å². The van der Waals surface area contributed by atoms with Gasteiger partial charge in [-0.15, -0.1) is 11.3 Å². The van der Waals surface area contributed by atoms with Crippen molar-refractivity contribution in [3.63, 3.8) is 0 Å². The number of hydrogen-bond donors (Lipinski definition) is 1. The van der Waals surface area contributed by atoms with Crippen LogP contribution in [0.15, 0.2) is 21.0 Å². The van der Waals surface area contributed by atoms with Crippen molar-refractivity contribution in [1.29, 1.82) is 0 Å². The summed E-state index contributed by atoms with van der Waals surface area (Å²) in [5.74, 6) is 0.00909. The van der Waals surface area contributed by atoms with E-state index in [2.05, 4.69) is 33.4 Å². The van der Waals surface area contributed by atoms with Gasteiger partial charge in [-0.25, -0.2) is 5.43 Å². The minimum atomic E-state index is 0.00909. The topological polar surface area (TPSA) is 41.5 Å². The lowest BCUT2D eigenvalue weighted by molar-refractivity contribution is -0.121. The number of hydrazone groups is 1. The molecule has 1 aromatic rings. The molecule has 5 heteroatoms. The Morgan fingerprint density at radius 2 is 1.77 bits per heavy atom. The van der Waals surface area contributed by atoms with Crippen LogP contribution in [0.25, 0.3) is 0 Å². The summed E-state index contributed by atoms with van der Waals surface area (Å²) in [7, 11) is 0. The van der Waals surface area contributed by atoms with Gasteiger partial charge in [-0.05, 0) is 34.5 Å². The zero-order chi connectivity index (χ0) is 16.0. The molecular formula is C17H27BrN2OS. The molecule has 1 rings (SSSR count). The van der Waals surface area contributed by atoms with Crippen LogP contribution in [0.3, 0.4) is 0 Å². The summed E-state index contributed by atoms with van der Waals surface area (Å²) in [6, 6.07) is 3.93. The van der Waals surface area contributed by atoms with Crippen LogP contribution in [0.4, 0.5) is 0 Å². The summed E-state index contributed by atoms with van der Waals surface area (Å²) < 4.78 is 1.06. The van der Waals surface area contributed by atoms with Crippen LogP contribution in [-0.2, 0) is 4.79 Å². The highest BCUT2D eigenvalue weighted by Gasteiger charge is 1.99. The van der Waals surface area contributed by atoms with E-state index in [9.17, 15) is 4.79 Å². The van der Waals surface area contributed by atoms with Crippen LogP contribution in [0.2, 0.25) is 0 Å². The fourth-order valence-electron chi connectivity index (χ4n) is 2.22. The van der Waals surface area contributed by atoms with Crippen molar-refractivity contribution < 1.29 is 4.79 Å². The van der Waals surface area contributed by atoms with E-state index in [-0.39, 0.29) is 5.91 Å². The van der Waals surface area contributed by atoms with Gasteiger partial charge in [-0.1, -0.05) is 58.3 Å². The van der Waals surface area contributed by atoms with E-state index in [0.29, 0.717) is 6.42 Å². The molecule has 1 amide bonds. The molecule has 124 valence electrons. The zero-order valence-electron chi connectivity index (χ0n) is 13.4. The molecule has 0 fully saturated rings. The van der Waals surface area contributed by atoms with Crippen molar-refractivity contribution in [2.45, 2.75) is 71.1 Å². The number of thiophene rings is 1. The molecule has 1 heterocycles. The Balaban J connectivity index is 1.94. The number of amides is 1. The first-order valence-corrected chi connectivity index (χ1v) is 9.90. The third kappa shape index (κ3) is 10.1. The van der Waals surface area contributed by atoms with Crippen LogP contribution in [0.1, 0.15) is 76.0 Å². The maximum absolute atomic E-state index is 11.6. The fourth-order valence-corrected chi connectivity index (χ4v) is 3.51. The second-order valence-corrected chi connectivity index (χ2v) is 8.01. The Morgan fingerprint density at radius 1 is 1.14 bits per heavy atom. The predicted molar refractivity (Wildman–Crippen MR) is 99.6 cm³/mol. The summed E-state index contributed by atoms with van der Waals surface area (Å²) in [4.78, 5) is 12.6. The standard InChI is InChI=1S/C17H27BrN2OS/c1-2-3-4-5-6-7-8-9-10-11-17(21)20-19-14-15-12-13-16(18)22-15/h12-14H,2-11H2,1H3,(H,20,21). The molecule has 0 spiro atoms. The number of nitrogens with one attached hydrogen (secondary N) is 1. The molecule has 0 atom stereocenters. The molecule has 0 bridgehead atoms. The van der Waals surface area contributed by atoms with Crippen molar-refractivity contribution in [3.05, 3.63) is 20.8 Å². The van der Waals surface area contributed by atoms with E-state index in [0.717, 1.165) is 21.5 Å². The molecule has 3 nitrogen and oxygen atoms in total. The van der Waals surface area contributed by atoms with E-state index < -0.39 is 0 Å². The largest absolute Gasteiger partial charge is 0.273 e. The molecule has 0 radical (unpaired) electrons. The first-order valence-electron chi connectivity index (χ1n) is 8.29. The normalized spacial score (nSPS) is 11.2. The Bertz CT molecular complexity index is 446. The van der Waals surface area contributed by atoms with Gasteiger partial charge >= 0.3 is 0 Å². The Kier molecular flexibility index (Phi) is 11.3. The van der Waals surface area contributed by atoms with Gasteiger partial charge in [0.05, 0.1) is 10.0 Å². The lowest BCUT2D eigenvalue weighted by Crippen LogP contribution is -2.16. The van der Waals surface area contributed by atoms with Crippen LogP contribution >= 0.6 is 27.3 Å². The summed E-state index contributed by atoms with van der Waals surface area (Å²) in [6.45, 7) is 2.24. The molecule has 0 aliphatic rings.